The maximum Gasteiger partial charge on any atom is 0.313 e. The summed E-state index contributed by atoms with van der Waals surface area (Å²) in [6.45, 7) is 13.6. The van der Waals surface area contributed by atoms with Crippen molar-refractivity contribution < 1.29 is 33.8 Å². The van der Waals surface area contributed by atoms with Gasteiger partial charge in [-0.25, -0.2) is 0 Å². The van der Waals surface area contributed by atoms with E-state index in [-0.39, 0.29) is 61.6 Å². The zero-order chi connectivity index (χ0) is 36.7. The number of alkyl halides is 1. The highest BCUT2D eigenvalue weighted by atomic mass is 79.9. The van der Waals surface area contributed by atoms with Crippen LogP contribution in [0.25, 0.3) is 0 Å². The number of nitrogens with zero attached hydrogens (tertiary/aromatic N) is 3. The molecule has 3 saturated heterocycles. The van der Waals surface area contributed by atoms with Crippen molar-refractivity contribution in [2.45, 2.75) is 68.2 Å². The first-order valence-corrected chi connectivity index (χ1v) is 18.7. The summed E-state index contributed by atoms with van der Waals surface area (Å²) in [7, 11) is 0. The molecule has 3 fully saturated rings. The summed E-state index contributed by atoms with van der Waals surface area (Å²) in [6, 6.07) is 15.8. The molecule has 2 aromatic rings. The molecule has 5 rings (SSSR count). The number of hydrogen-bond donors (Lipinski definition) is 2. The Morgan fingerprint density at radius 2 is 1.78 bits per heavy atom. The molecule has 2 bridgehead atoms. The smallest absolute Gasteiger partial charge is 0.313 e. The summed E-state index contributed by atoms with van der Waals surface area (Å²) in [5.41, 5.74) is 1.05. The second-order valence-corrected chi connectivity index (χ2v) is 14.3. The van der Waals surface area contributed by atoms with E-state index < -0.39 is 41.7 Å². The zero-order valence-electron chi connectivity index (χ0n) is 29.4. The summed E-state index contributed by atoms with van der Waals surface area (Å²) < 4.78 is 12.8. The summed E-state index contributed by atoms with van der Waals surface area (Å²) >= 11 is 3.72. The molecule has 7 atom stereocenters. The molecule has 274 valence electrons. The van der Waals surface area contributed by atoms with Gasteiger partial charge >= 0.3 is 5.97 Å². The number of esters is 1. The number of benzene rings is 2. The van der Waals surface area contributed by atoms with Crippen LogP contribution in [0.5, 0.6) is 0 Å². The number of hydrogen-bond acceptors (Lipinski definition) is 8. The third-order valence-corrected chi connectivity index (χ3v) is 11.1. The third-order valence-electron chi connectivity index (χ3n) is 10.2. The van der Waals surface area contributed by atoms with Crippen molar-refractivity contribution in [3.8, 4) is 0 Å². The van der Waals surface area contributed by atoms with Crippen LogP contribution in [0, 0.1) is 11.8 Å². The second-order valence-electron chi connectivity index (χ2n) is 13.2. The van der Waals surface area contributed by atoms with Crippen molar-refractivity contribution in [1.82, 2.24) is 10.2 Å². The lowest BCUT2D eigenvalue weighted by Crippen LogP contribution is -2.57. The average Bonchev–Trinajstić information content (AvgIpc) is 3.74. The van der Waals surface area contributed by atoms with Crippen LogP contribution in [0.3, 0.4) is 0 Å². The highest BCUT2D eigenvalue weighted by Crippen LogP contribution is 2.60. The molecule has 3 amide bonds. The molecule has 3 heterocycles. The molecular formula is C39H49BrN4O7. The van der Waals surface area contributed by atoms with Crippen molar-refractivity contribution in [3.63, 3.8) is 0 Å². The minimum absolute atomic E-state index is 0.0405. The first-order chi connectivity index (χ1) is 24.6. The molecule has 2 aromatic carbocycles. The van der Waals surface area contributed by atoms with E-state index in [9.17, 15) is 24.3 Å². The van der Waals surface area contributed by atoms with Gasteiger partial charge < -0.3 is 34.6 Å². The average molecular weight is 766 g/mol. The van der Waals surface area contributed by atoms with Crippen molar-refractivity contribution >= 4 is 51.0 Å². The van der Waals surface area contributed by atoms with Crippen LogP contribution in [0.4, 0.5) is 11.4 Å². The van der Waals surface area contributed by atoms with Gasteiger partial charge in [-0.15, -0.1) is 13.2 Å². The van der Waals surface area contributed by atoms with Crippen LogP contribution in [0.1, 0.15) is 51.2 Å². The number of nitrogens with one attached hydrogen (secondary N) is 1. The van der Waals surface area contributed by atoms with E-state index in [2.05, 4.69) is 53.2 Å². The Bertz CT molecular complexity index is 1570. The number of likely N-dealkylation sites (tertiary alicyclic amines) is 1. The number of amides is 3. The highest BCUT2D eigenvalue weighted by Gasteiger charge is 2.77. The first kappa shape index (κ1) is 38.2. The summed E-state index contributed by atoms with van der Waals surface area (Å²) in [6.07, 6.45) is 3.10. The van der Waals surface area contributed by atoms with E-state index in [1.807, 2.05) is 54.6 Å². The minimum Gasteiger partial charge on any atom is -0.455 e. The maximum atomic E-state index is 14.8. The molecule has 1 unspecified atom stereocenters. The predicted octanol–water partition coefficient (Wildman–Crippen LogP) is 4.55. The Hall–Kier alpha value is -4.00. The topological polar surface area (TPSA) is 129 Å². The van der Waals surface area contributed by atoms with Crippen LogP contribution in [-0.4, -0.2) is 95.6 Å². The summed E-state index contributed by atoms with van der Waals surface area (Å²) in [5.74, 6) is -3.55. The van der Waals surface area contributed by atoms with Crippen LogP contribution >= 0.6 is 15.9 Å². The van der Waals surface area contributed by atoms with Gasteiger partial charge in [0.25, 0.3) is 5.91 Å². The second kappa shape index (κ2) is 17.0. The van der Waals surface area contributed by atoms with Gasteiger partial charge in [0.1, 0.15) is 17.7 Å². The number of allylic oxidation sites excluding steroid dienone is 1. The van der Waals surface area contributed by atoms with E-state index in [1.165, 1.54) is 4.90 Å². The molecule has 2 N–H and O–H groups in total. The van der Waals surface area contributed by atoms with Crippen molar-refractivity contribution in [2.75, 3.05) is 49.1 Å². The molecule has 51 heavy (non-hydrogen) atoms. The predicted molar refractivity (Wildman–Crippen MR) is 199 cm³/mol. The quantitative estimate of drug-likeness (QED) is 0.129. The van der Waals surface area contributed by atoms with Crippen LogP contribution < -0.4 is 15.1 Å². The molecule has 0 radical (unpaired) electrons. The lowest BCUT2D eigenvalue weighted by Gasteiger charge is -2.37. The molecule has 0 saturated carbocycles. The Kier molecular flexibility index (Phi) is 12.8. The van der Waals surface area contributed by atoms with Crippen molar-refractivity contribution in [2.24, 2.45) is 11.8 Å². The first-order valence-electron chi connectivity index (χ1n) is 17.8. The van der Waals surface area contributed by atoms with Crippen LogP contribution in [0.2, 0.25) is 0 Å². The standard InChI is InChI=1S/C39H49BrN4O7/c1-5-9-16-31(46)41-25-30(26-14-11-10-12-15-26)50-38(49)32-33-36(47)44(22-13-23-45)35(39(33)24-29(40)34(32)51-39)37(48)43(21-6-2)28-19-17-27(18-20-28)42(7-3)8-4/h5-6,10-12,14-15,17-20,29-30,32-35,45H,1-2,7-9,13,16,21-25H2,3-4H3,(H,41,46)/t29?,30-,32+,33-,34+,35+,39-/m0/s1. The minimum atomic E-state index is -1.31. The van der Waals surface area contributed by atoms with Gasteiger partial charge in [-0.1, -0.05) is 58.4 Å². The fourth-order valence-electron chi connectivity index (χ4n) is 7.83. The van der Waals surface area contributed by atoms with Crippen LogP contribution in [0.15, 0.2) is 79.9 Å². The monoisotopic (exact) mass is 764 g/mol. The molecule has 0 aliphatic carbocycles. The Balaban J connectivity index is 1.47. The molecule has 12 heteroatoms. The van der Waals surface area contributed by atoms with Gasteiger partial charge in [0.05, 0.1) is 24.5 Å². The van der Waals surface area contributed by atoms with E-state index in [0.717, 1.165) is 18.8 Å². The van der Waals surface area contributed by atoms with Crippen molar-refractivity contribution in [1.29, 1.82) is 0 Å². The van der Waals surface area contributed by atoms with Gasteiger partial charge in [0, 0.05) is 55.4 Å². The van der Waals surface area contributed by atoms with Crippen LogP contribution in [-0.2, 0) is 28.7 Å². The third kappa shape index (κ3) is 7.64. The van der Waals surface area contributed by atoms with E-state index in [4.69, 9.17) is 9.47 Å². The fraction of sp³-hybridized carbons (Fsp3) is 0.487. The van der Waals surface area contributed by atoms with E-state index in [1.54, 1.807) is 17.1 Å². The Morgan fingerprint density at radius 3 is 2.41 bits per heavy atom. The summed E-state index contributed by atoms with van der Waals surface area (Å²) in [5, 5.41) is 12.6. The highest BCUT2D eigenvalue weighted by molar-refractivity contribution is 9.09. The van der Waals surface area contributed by atoms with Gasteiger partial charge in [-0.05, 0) is 62.9 Å². The molecule has 3 aliphatic rings. The maximum absolute atomic E-state index is 14.8. The number of carbonyl (C=O) groups is 4. The van der Waals surface area contributed by atoms with Crippen molar-refractivity contribution in [3.05, 3.63) is 85.5 Å². The number of aliphatic hydroxyl groups excluding tert-OH is 1. The van der Waals surface area contributed by atoms with Gasteiger partial charge in [-0.3, -0.25) is 19.2 Å². The molecule has 11 nitrogen and oxygen atoms in total. The molecule has 3 aliphatic heterocycles. The lowest BCUT2D eigenvalue weighted by molar-refractivity contribution is -0.160. The largest absolute Gasteiger partial charge is 0.455 e. The van der Waals surface area contributed by atoms with Gasteiger partial charge in [0.15, 0.2) is 0 Å². The van der Waals surface area contributed by atoms with E-state index >= 15 is 0 Å². The number of fused-ring (bicyclic) bond motifs is 1. The van der Waals surface area contributed by atoms with Gasteiger partial charge in [-0.2, -0.15) is 0 Å². The number of anilines is 2. The molecule has 0 aromatic heterocycles. The summed E-state index contributed by atoms with van der Waals surface area (Å²) in [4.78, 5) is 61.0. The van der Waals surface area contributed by atoms with Gasteiger partial charge in [0.2, 0.25) is 11.8 Å². The SMILES string of the molecule is C=CCCC(=O)NC[C@H](OC(=O)[C@H]1[C@@H]2O[C@@]3(CC2Br)[C@@H]1C(=O)N(CCCO)[C@@H]3C(=O)N(CC=C)c1ccc(N(CC)CC)cc1)c1ccccc1. The number of halogens is 1. The Labute approximate surface area is 308 Å². The lowest BCUT2D eigenvalue weighted by atomic mass is 9.70. The number of carbonyl (C=O) groups excluding carboxylic acids is 4. The Morgan fingerprint density at radius 1 is 1.10 bits per heavy atom. The number of aliphatic hydroxyl groups is 1. The molecule has 1 spiro atoms. The fourth-order valence-corrected chi connectivity index (χ4v) is 8.78. The van der Waals surface area contributed by atoms with E-state index in [0.29, 0.717) is 24.1 Å². The molecular weight excluding hydrogens is 716 g/mol. The number of ether oxygens (including phenoxy) is 2. The number of rotatable bonds is 18. The normalized spacial score (nSPS) is 25.2. The zero-order valence-corrected chi connectivity index (χ0v) is 31.0.